The molecular weight excluding hydrogens is 366 g/mol. The summed E-state index contributed by atoms with van der Waals surface area (Å²) < 4.78 is 9.45. The van der Waals surface area contributed by atoms with Gasteiger partial charge in [-0.3, -0.25) is 9.48 Å². The molecule has 3 aromatic rings. The van der Waals surface area contributed by atoms with Gasteiger partial charge in [-0.1, -0.05) is 18.2 Å². The summed E-state index contributed by atoms with van der Waals surface area (Å²) in [4.78, 5) is 15.2. The molecule has 3 heterocycles. The molecule has 1 aliphatic heterocycles. The summed E-state index contributed by atoms with van der Waals surface area (Å²) in [6, 6.07) is 11.9. The van der Waals surface area contributed by atoms with Crippen LogP contribution >= 0.6 is 0 Å². The summed E-state index contributed by atoms with van der Waals surface area (Å²) in [7, 11) is 1.93. The highest BCUT2D eigenvalue weighted by Crippen LogP contribution is 2.22. The van der Waals surface area contributed by atoms with Crippen LogP contribution < -0.4 is 0 Å². The first kappa shape index (κ1) is 19.4. The van der Waals surface area contributed by atoms with Crippen molar-refractivity contribution in [2.75, 3.05) is 6.61 Å². The quantitative estimate of drug-likeness (QED) is 0.646. The molecule has 1 aliphatic rings. The SMILES string of the molecule is Cc1nn(C)c(C)c1CN(Cc1ccnn1-c1ccccc1)C(=O)[C@H]1CCCO1. The molecule has 0 unspecified atom stereocenters. The number of carbonyl (C=O) groups excluding carboxylic acids is 1. The van der Waals surface area contributed by atoms with E-state index in [1.165, 1.54) is 0 Å². The maximum atomic E-state index is 13.3. The fourth-order valence-electron chi connectivity index (χ4n) is 3.87. The third-order valence-corrected chi connectivity index (χ3v) is 5.60. The van der Waals surface area contributed by atoms with Crippen molar-refractivity contribution in [2.24, 2.45) is 7.05 Å². The molecule has 2 aromatic heterocycles. The molecule has 0 N–H and O–H groups in total. The largest absolute Gasteiger partial charge is 0.368 e. The predicted octanol–water partition coefficient (Wildman–Crippen LogP) is 2.93. The summed E-state index contributed by atoms with van der Waals surface area (Å²) in [5.74, 6) is 0.0333. The van der Waals surface area contributed by atoms with Crippen molar-refractivity contribution in [3.8, 4) is 5.69 Å². The molecule has 1 amide bonds. The first-order valence-electron chi connectivity index (χ1n) is 10.0. The van der Waals surface area contributed by atoms with Crippen molar-refractivity contribution in [2.45, 2.75) is 45.9 Å². The average Bonchev–Trinajstić information content (AvgIpc) is 3.46. The molecule has 0 aliphatic carbocycles. The predicted molar refractivity (Wildman–Crippen MR) is 109 cm³/mol. The van der Waals surface area contributed by atoms with Crippen LogP contribution in [0.4, 0.5) is 0 Å². The molecule has 7 heteroatoms. The number of aromatic nitrogens is 4. The number of rotatable bonds is 6. The summed E-state index contributed by atoms with van der Waals surface area (Å²) in [6.07, 6.45) is 3.12. The van der Waals surface area contributed by atoms with Crippen LogP contribution in [0.5, 0.6) is 0 Å². The maximum Gasteiger partial charge on any atom is 0.252 e. The maximum absolute atomic E-state index is 13.3. The normalized spacial score (nSPS) is 16.3. The Hall–Kier alpha value is -2.93. The van der Waals surface area contributed by atoms with Crippen molar-refractivity contribution < 1.29 is 9.53 Å². The Labute approximate surface area is 170 Å². The zero-order valence-corrected chi connectivity index (χ0v) is 17.2. The van der Waals surface area contributed by atoms with Crippen molar-refractivity contribution in [1.29, 1.82) is 0 Å². The number of aryl methyl sites for hydroxylation is 2. The monoisotopic (exact) mass is 393 g/mol. The third kappa shape index (κ3) is 3.96. The van der Waals surface area contributed by atoms with Gasteiger partial charge in [0.05, 0.1) is 23.6 Å². The van der Waals surface area contributed by atoms with Gasteiger partial charge in [-0.15, -0.1) is 0 Å². The van der Waals surface area contributed by atoms with E-state index in [4.69, 9.17) is 4.74 Å². The number of hydrogen-bond acceptors (Lipinski definition) is 4. The Morgan fingerprint density at radius 2 is 2.00 bits per heavy atom. The van der Waals surface area contributed by atoms with Gasteiger partial charge >= 0.3 is 0 Å². The van der Waals surface area contributed by atoms with Gasteiger partial charge in [-0.2, -0.15) is 10.2 Å². The number of amides is 1. The van der Waals surface area contributed by atoms with Crippen LogP contribution in [0, 0.1) is 13.8 Å². The molecule has 1 aromatic carbocycles. The third-order valence-electron chi connectivity index (χ3n) is 5.60. The molecular formula is C22H27N5O2. The molecule has 4 rings (SSSR count). The molecule has 0 saturated carbocycles. The van der Waals surface area contributed by atoms with Gasteiger partial charge in [0.1, 0.15) is 6.10 Å². The van der Waals surface area contributed by atoms with Crippen LogP contribution in [-0.4, -0.2) is 43.1 Å². The number of carbonyl (C=O) groups is 1. The van der Waals surface area contributed by atoms with E-state index in [1.54, 1.807) is 6.20 Å². The molecule has 7 nitrogen and oxygen atoms in total. The van der Waals surface area contributed by atoms with E-state index in [2.05, 4.69) is 10.2 Å². The topological polar surface area (TPSA) is 65.2 Å². The lowest BCUT2D eigenvalue weighted by Crippen LogP contribution is -2.38. The molecule has 1 atom stereocenters. The lowest BCUT2D eigenvalue weighted by atomic mass is 10.1. The van der Waals surface area contributed by atoms with Gasteiger partial charge in [-0.05, 0) is 44.9 Å². The summed E-state index contributed by atoms with van der Waals surface area (Å²) in [5.41, 5.74) is 5.05. The molecule has 152 valence electrons. The molecule has 29 heavy (non-hydrogen) atoms. The zero-order chi connectivity index (χ0) is 20.4. The minimum atomic E-state index is -0.361. The highest BCUT2D eigenvalue weighted by atomic mass is 16.5. The van der Waals surface area contributed by atoms with E-state index in [-0.39, 0.29) is 12.0 Å². The Balaban J connectivity index is 1.64. The van der Waals surface area contributed by atoms with E-state index in [9.17, 15) is 4.79 Å². The summed E-state index contributed by atoms with van der Waals surface area (Å²) >= 11 is 0. The minimum Gasteiger partial charge on any atom is -0.368 e. The first-order chi connectivity index (χ1) is 14.0. The van der Waals surface area contributed by atoms with Crippen molar-refractivity contribution >= 4 is 5.91 Å². The average molecular weight is 393 g/mol. The minimum absolute atomic E-state index is 0.0333. The Bertz CT molecular complexity index is 986. The van der Waals surface area contributed by atoms with Gasteiger partial charge in [0.25, 0.3) is 5.91 Å². The number of nitrogens with zero attached hydrogens (tertiary/aromatic N) is 5. The zero-order valence-electron chi connectivity index (χ0n) is 17.2. The molecule has 0 radical (unpaired) electrons. The van der Waals surface area contributed by atoms with E-state index in [0.717, 1.165) is 41.2 Å². The lowest BCUT2D eigenvalue weighted by Gasteiger charge is -2.26. The smallest absolute Gasteiger partial charge is 0.252 e. The fraction of sp³-hybridized carbons (Fsp3) is 0.409. The van der Waals surface area contributed by atoms with Crippen LogP contribution in [0.15, 0.2) is 42.6 Å². The van der Waals surface area contributed by atoms with Gasteiger partial charge < -0.3 is 9.64 Å². The van der Waals surface area contributed by atoms with Crippen LogP contribution in [0.2, 0.25) is 0 Å². The molecule has 1 fully saturated rings. The second-order valence-electron chi connectivity index (χ2n) is 7.54. The molecule has 1 saturated heterocycles. The van der Waals surface area contributed by atoms with Crippen LogP contribution in [0.25, 0.3) is 5.69 Å². The van der Waals surface area contributed by atoms with Gasteiger partial charge in [0, 0.05) is 37.7 Å². The summed E-state index contributed by atoms with van der Waals surface area (Å²) in [5, 5.41) is 8.99. The number of hydrogen-bond donors (Lipinski definition) is 0. The summed E-state index contributed by atoms with van der Waals surface area (Å²) in [6.45, 7) is 5.65. The van der Waals surface area contributed by atoms with Crippen molar-refractivity contribution in [3.63, 3.8) is 0 Å². The van der Waals surface area contributed by atoms with E-state index in [0.29, 0.717) is 19.7 Å². The van der Waals surface area contributed by atoms with Gasteiger partial charge in [0.2, 0.25) is 0 Å². The second-order valence-corrected chi connectivity index (χ2v) is 7.54. The van der Waals surface area contributed by atoms with Crippen LogP contribution in [0.3, 0.4) is 0 Å². The number of benzene rings is 1. The van der Waals surface area contributed by atoms with Crippen molar-refractivity contribution in [1.82, 2.24) is 24.5 Å². The highest BCUT2D eigenvalue weighted by molar-refractivity contribution is 5.81. The highest BCUT2D eigenvalue weighted by Gasteiger charge is 2.30. The number of ether oxygens (including phenoxy) is 1. The van der Waals surface area contributed by atoms with Gasteiger partial charge in [-0.25, -0.2) is 4.68 Å². The van der Waals surface area contributed by atoms with Crippen LogP contribution in [-0.2, 0) is 29.7 Å². The first-order valence-corrected chi connectivity index (χ1v) is 10.0. The number of para-hydroxylation sites is 1. The fourth-order valence-corrected chi connectivity index (χ4v) is 3.87. The lowest BCUT2D eigenvalue weighted by molar-refractivity contribution is -0.142. The standard InChI is InChI=1S/C22H27N5O2/c1-16-20(17(2)25(3)24-16)15-26(22(28)21-10-7-13-29-21)14-19-11-12-23-27(19)18-8-5-4-6-9-18/h4-6,8-9,11-12,21H,7,10,13-15H2,1-3H3/t21-/m1/s1. The molecule has 0 spiro atoms. The van der Waals surface area contributed by atoms with E-state index in [1.807, 2.05) is 71.6 Å². The Kier molecular flexibility index (Phi) is 5.49. The molecule has 0 bridgehead atoms. The second kappa shape index (κ2) is 8.21. The Morgan fingerprint density at radius 1 is 1.21 bits per heavy atom. The van der Waals surface area contributed by atoms with Crippen molar-refractivity contribution in [3.05, 3.63) is 65.2 Å². The van der Waals surface area contributed by atoms with E-state index < -0.39 is 0 Å². The van der Waals surface area contributed by atoms with Gasteiger partial charge in [0.15, 0.2) is 0 Å². The Morgan fingerprint density at radius 3 is 2.66 bits per heavy atom. The van der Waals surface area contributed by atoms with Crippen LogP contribution in [0.1, 0.15) is 35.5 Å². The van der Waals surface area contributed by atoms with E-state index >= 15 is 0 Å².